The monoisotopic (exact) mass is 583 g/mol. The van der Waals surface area contributed by atoms with Gasteiger partial charge in [-0.15, -0.1) is 0 Å². The number of esters is 1. The second-order valence-electron chi connectivity index (χ2n) is 9.08. The second kappa shape index (κ2) is 30.9. The normalized spacial score (nSPS) is 11.8. The molecule has 10 nitrogen and oxygen atoms in total. The van der Waals surface area contributed by atoms with Gasteiger partial charge >= 0.3 is 65.1 Å². The first kappa shape index (κ1) is 43.4. The van der Waals surface area contributed by atoms with Gasteiger partial charge in [-0.25, -0.2) is 0 Å². The molecule has 1 atom stereocenters. The van der Waals surface area contributed by atoms with Crippen LogP contribution in [0.3, 0.4) is 0 Å². The molecule has 0 rings (SSSR count). The predicted molar refractivity (Wildman–Crippen MR) is 134 cm³/mol. The Bertz CT molecular complexity index is 597. The summed E-state index contributed by atoms with van der Waals surface area (Å²) in [5.41, 5.74) is 0. The number of hydrogen-bond acceptors (Lipinski definition) is 9. The van der Waals surface area contributed by atoms with Gasteiger partial charge in [0.25, 0.3) is 0 Å². The number of hydrogen-bond donors (Lipinski definition) is 1. The SMILES string of the molecule is CCCCCCCCCCCC(=O)O[C@H](COCOCCCCCCCNC(C)=O)COP(=O)([O-])[O-].[Na+].[Na+]. The number of carbonyl (C=O) groups is 2. The van der Waals surface area contributed by atoms with Gasteiger partial charge < -0.3 is 38.4 Å². The average Bonchev–Trinajstić information content (AvgIpc) is 2.81. The number of ether oxygens (including phenoxy) is 3. The van der Waals surface area contributed by atoms with Crippen LogP contribution in [0.1, 0.15) is 110 Å². The number of phosphoric ester groups is 1. The van der Waals surface area contributed by atoms with Crippen LogP contribution in [0.2, 0.25) is 0 Å². The third-order valence-corrected chi connectivity index (χ3v) is 5.98. The number of phosphoric acid groups is 1. The van der Waals surface area contributed by atoms with Crippen LogP contribution < -0.4 is 74.2 Å². The number of unbranched alkanes of at least 4 members (excludes halogenated alkanes) is 12. The van der Waals surface area contributed by atoms with E-state index in [1.54, 1.807) is 0 Å². The van der Waals surface area contributed by atoms with Gasteiger partial charge in [0.2, 0.25) is 5.91 Å². The standard InChI is InChI=1S/C25H50NO9P.2Na/c1-3-4-5-6-7-8-9-11-14-17-25(28)35-24(21-34-36(29,30)31)20-33-22-32-19-16-13-10-12-15-18-26-23(2)27;;/h24H,3-22H2,1-2H3,(H,26,27)(H2,29,30,31);;/q;2*+1/p-2/t24-;;/m1../s1. The summed E-state index contributed by atoms with van der Waals surface area (Å²) in [5.74, 6) is -0.484. The molecule has 0 fully saturated rings. The van der Waals surface area contributed by atoms with Crippen molar-refractivity contribution >= 4 is 19.7 Å². The van der Waals surface area contributed by atoms with E-state index in [9.17, 15) is 23.9 Å². The van der Waals surface area contributed by atoms with Crippen molar-refractivity contribution in [1.29, 1.82) is 0 Å². The van der Waals surface area contributed by atoms with Crippen molar-refractivity contribution in [3.05, 3.63) is 0 Å². The zero-order valence-electron chi connectivity index (χ0n) is 24.3. The fourth-order valence-corrected chi connectivity index (χ4v) is 3.89. The van der Waals surface area contributed by atoms with E-state index in [4.69, 9.17) is 14.2 Å². The third-order valence-electron chi connectivity index (χ3n) is 5.51. The molecule has 0 aromatic carbocycles. The Morgan fingerprint density at radius 2 is 1.34 bits per heavy atom. The van der Waals surface area contributed by atoms with Crippen molar-refractivity contribution in [3.8, 4) is 0 Å². The molecule has 1 amide bonds. The number of carbonyl (C=O) groups excluding carboxylic acids is 2. The van der Waals surface area contributed by atoms with E-state index in [2.05, 4.69) is 16.8 Å². The maximum absolute atomic E-state index is 12.1. The molecule has 1 N–H and O–H groups in total. The third kappa shape index (κ3) is 35.0. The summed E-state index contributed by atoms with van der Waals surface area (Å²) in [4.78, 5) is 44.5. The van der Waals surface area contributed by atoms with Crippen molar-refractivity contribution in [1.82, 2.24) is 5.32 Å². The molecule has 0 spiro atoms. The molecule has 0 saturated carbocycles. The molecule has 214 valence electrons. The molecule has 0 saturated heterocycles. The Hall–Kier alpha value is 0.970. The van der Waals surface area contributed by atoms with E-state index in [0.717, 1.165) is 51.4 Å². The molecule has 0 radical (unpaired) electrons. The van der Waals surface area contributed by atoms with Gasteiger partial charge in [0.05, 0.1) is 21.0 Å². The summed E-state index contributed by atoms with van der Waals surface area (Å²) in [6.07, 6.45) is 14.2. The van der Waals surface area contributed by atoms with Crippen LogP contribution >= 0.6 is 7.82 Å². The molecule has 0 aliphatic rings. The van der Waals surface area contributed by atoms with Crippen molar-refractivity contribution in [2.45, 2.75) is 116 Å². The van der Waals surface area contributed by atoms with Crippen molar-refractivity contribution in [3.63, 3.8) is 0 Å². The first-order valence-electron chi connectivity index (χ1n) is 13.5. The van der Waals surface area contributed by atoms with E-state index >= 15 is 0 Å². The fraction of sp³-hybridized carbons (Fsp3) is 0.920. The van der Waals surface area contributed by atoms with Gasteiger partial charge in [-0.3, -0.25) is 9.59 Å². The number of rotatable bonds is 26. The number of amides is 1. The zero-order valence-corrected chi connectivity index (χ0v) is 29.2. The van der Waals surface area contributed by atoms with Gasteiger partial charge in [-0.1, -0.05) is 77.6 Å². The van der Waals surface area contributed by atoms with Crippen molar-refractivity contribution in [2.24, 2.45) is 0 Å². The van der Waals surface area contributed by atoms with Gasteiger partial charge in [0, 0.05) is 26.5 Å². The van der Waals surface area contributed by atoms with Crippen LogP contribution in [0.15, 0.2) is 0 Å². The molecule has 0 bridgehead atoms. The van der Waals surface area contributed by atoms with E-state index < -0.39 is 26.5 Å². The minimum Gasteiger partial charge on any atom is -0.790 e. The Morgan fingerprint density at radius 3 is 1.92 bits per heavy atom. The molecule has 0 aliphatic heterocycles. The van der Waals surface area contributed by atoms with E-state index in [1.807, 2.05) is 0 Å². The smallest absolute Gasteiger partial charge is 0.790 e. The molecule has 0 aromatic rings. The largest absolute Gasteiger partial charge is 1.00 e. The summed E-state index contributed by atoms with van der Waals surface area (Å²) in [5, 5.41) is 2.76. The van der Waals surface area contributed by atoms with Gasteiger partial charge in [0.1, 0.15) is 12.9 Å². The predicted octanol–water partition coefficient (Wildman–Crippen LogP) is -2.25. The molecular formula is C25H48NNa2O9P. The average molecular weight is 584 g/mol. The van der Waals surface area contributed by atoms with Crippen LogP contribution in [0.4, 0.5) is 0 Å². The molecule has 38 heavy (non-hydrogen) atoms. The minimum atomic E-state index is -5.18. The van der Waals surface area contributed by atoms with Gasteiger partial charge in [-0.2, -0.15) is 0 Å². The Balaban J connectivity index is -0.00000612. The Morgan fingerprint density at radius 1 is 0.789 bits per heavy atom. The topological polar surface area (TPSA) is 146 Å². The van der Waals surface area contributed by atoms with Crippen LogP contribution in [-0.4, -0.2) is 51.1 Å². The fourth-order valence-electron chi connectivity index (χ4n) is 3.54. The minimum absolute atomic E-state index is 0. The Labute approximate surface area is 274 Å². The van der Waals surface area contributed by atoms with Gasteiger partial charge in [-0.05, 0) is 19.3 Å². The maximum Gasteiger partial charge on any atom is 1.00 e. The molecular weight excluding hydrogens is 535 g/mol. The van der Waals surface area contributed by atoms with Crippen LogP contribution in [0.25, 0.3) is 0 Å². The summed E-state index contributed by atoms with van der Waals surface area (Å²) in [7, 11) is -5.18. The van der Waals surface area contributed by atoms with Crippen molar-refractivity contribution in [2.75, 3.05) is 33.2 Å². The quantitative estimate of drug-likeness (QED) is 0.0392. The van der Waals surface area contributed by atoms with E-state index in [0.29, 0.717) is 19.6 Å². The first-order chi connectivity index (χ1) is 17.2. The summed E-state index contributed by atoms with van der Waals surface area (Å²) < 4.78 is 31.0. The molecule has 0 unspecified atom stereocenters. The first-order valence-corrected chi connectivity index (χ1v) is 15.0. The van der Waals surface area contributed by atoms with Crippen molar-refractivity contribution < 1.29 is 102 Å². The number of nitrogens with one attached hydrogen (secondary N) is 1. The summed E-state index contributed by atoms with van der Waals surface area (Å²) >= 11 is 0. The Kier molecular flexibility index (Phi) is 35.3. The molecule has 0 aliphatic carbocycles. The molecule has 0 heterocycles. The van der Waals surface area contributed by atoms with Crippen LogP contribution in [0, 0.1) is 0 Å². The molecule has 0 aromatic heterocycles. The molecule has 13 heteroatoms. The summed E-state index contributed by atoms with van der Waals surface area (Å²) in [6.45, 7) is 4.15. The zero-order chi connectivity index (χ0) is 26.9. The maximum atomic E-state index is 12.1. The summed E-state index contributed by atoms with van der Waals surface area (Å²) in [6, 6.07) is 0. The van der Waals surface area contributed by atoms with Gasteiger partial charge in [0.15, 0.2) is 0 Å². The van der Waals surface area contributed by atoms with Crippen LogP contribution in [-0.2, 0) is 32.9 Å². The second-order valence-corrected chi connectivity index (χ2v) is 10.2. The van der Waals surface area contributed by atoms with Crippen LogP contribution in [0.5, 0.6) is 0 Å². The van der Waals surface area contributed by atoms with E-state index in [1.165, 1.54) is 39.0 Å². The van der Waals surface area contributed by atoms with E-state index in [-0.39, 0.29) is 84.8 Å².